The van der Waals surface area contributed by atoms with E-state index in [0.717, 1.165) is 10.8 Å². The van der Waals surface area contributed by atoms with Crippen molar-refractivity contribution >= 4 is 22.3 Å². The van der Waals surface area contributed by atoms with E-state index in [-0.39, 0.29) is 23.1 Å². The first-order valence-corrected chi connectivity index (χ1v) is 8.72. The molecule has 4 aromatic rings. The fraction of sp³-hybridized carbons (Fsp3) is 0. The molecular formula is C24H16O4. The van der Waals surface area contributed by atoms with Gasteiger partial charge in [-0.1, -0.05) is 24.3 Å². The van der Waals surface area contributed by atoms with Gasteiger partial charge in [0.2, 0.25) is 0 Å². The van der Waals surface area contributed by atoms with Gasteiger partial charge in [-0.3, -0.25) is 9.59 Å². The Morgan fingerprint density at radius 1 is 0.464 bits per heavy atom. The van der Waals surface area contributed by atoms with Crippen molar-refractivity contribution < 1.29 is 19.8 Å². The fourth-order valence-corrected chi connectivity index (χ4v) is 3.09. The summed E-state index contributed by atoms with van der Waals surface area (Å²) >= 11 is 0. The Labute approximate surface area is 161 Å². The molecule has 0 bridgehead atoms. The van der Waals surface area contributed by atoms with Gasteiger partial charge in [0.1, 0.15) is 11.5 Å². The first kappa shape index (κ1) is 17.5. The maximum Gasteiger partial charge on any atom is 0.193 e. The van der Waals surface area contributed by atoms with Gasteiger partial charge in [-0.2, -0.15) is 0 Å². The summed E-state index contributed by atoms with van der Waals surface area (Å²) in [5.41, 5.74) is 1.97. The van der Waals surface area contributed by atoms with Crippen molar-refractivity contribution in [2.75, 3.05) is 0 Å². The van der Waals surface area contributed by atoms with Crippen LogP contribution in [0.4, 0.5) is 0 Å². The summed E-state index contributed by atoms with van der Waals surface area (Å²) in [5.74, 6) is -0.103. The van der Waals surface area contributed by atoms with Crippen molar-refractivity contribution in [3.05, 3.63) is 107 Å². The molecular weight excluding hydrogens is 352 g/mol. The summed E-state index contributed by atoms with van der Waals surface area (Å²) in [5, 5.41) is 20.5. The number of phenolic OH excluding ortho intramolecular Hbond substituents is 2. The molecule has 0 amide bonds. The minimum absolute atomic E-state index is 0.104. The van der Waals surface area contributed by atoms with Crippen LogP contribution in [0.5, 0.6) is 11.5 Å². The average Bonchev–Trinajstić information content (AvgIpc) is 2.73. The molecule has 0 aliphatic rings. The second-order valence-corrected chi connectivity index (χ2v) is 6.53. The number of rotatable bonds is 4. The number of phenols is 2. The van der Waals surface area contributed by atoms with Crippen molar-refractivity contribution in [1.82, 2.24) is 0 Å². The quantitative estimate of drug-likeness (QED) is 0.512. The average molecular weight is 368 g/mol. The van der Waals surface area contributed by atoms with E-state index in [1.54, 1.807) is 48.5 Å². The Morgan fingerprint density at radius 2 is 0.821 bits per heavy atom. The van der Waals surface area contributed by atoms with Gasteiger partial charge < -0.3 is 10.2 Å². The molecule has 0 aromatic heterocycles. The Morgan fingerprint density at radius 3 is 1.21 bits per heavy atom. The lowest BCUT2D eigenvalue weighted by molar-refractivity contribution is 0.103. The van der Waals surface area contributed by atoms with Crippen molar-refractivity contribution in [2.24, 2.45) is 0 Å². The number of fused-ring (bicyclic) bond motifs is 1. The molecule has 4 aromatic carbocycles. The number of carbonyl (C=O) groups excluding carboxylic acids is 2. The lowest BCUT2D eigenvalue weighted by atomic mass is 9.96. The molecule has 0 saturated carbocycles. The van der Waals surface area contributed by atoms with E-state index in [9.17, 15) is 19.8 Å². The fourth-order valence-electron chi connectivity index (χ4n) is 3.09. The Bertz CT molecular complexity index is 1100. The minimum Gasteiger partial charge on any atom is -0.508 e. The first-order valence-electron chi connectivity index (χ1n) is 8.72. The summed E-state index contributed by atoms with van der Waals surface area (Å²) in [6, 6.07) is 22.9. The predicted molar refractivity (Wildman–Crippen MR) is 107 cm³/mol. The zero-order valence-electron chi connectivity index (χ0n) is 14.8. The number of hydrogen-bond acceptors (Lipinski definition) is 4. The molecule has 136 valence electrons. The van der Waals surface area contributed by atoms with Crippen LogP contribution in [0.1, 0.15) is 31.8 Å². The van der Waals surface area contributed by atoms with Crippen molar-refractivity contribution in [3.8, 4) is 11.5 Å². The Balaban J connectivity index is 1.70. The van der Waals surface area contributed by atoms with E-state index in [1.165, 1.54) is 24.3 Å². The third kappa shape index (κ3) is 3.35. The molecule has 0 aliphatic heterocycles. The van der Waals surface area contributed by atoms with E-state index in [0.29, 0.717) is 22.3 Å². The molecule has 4 rings (SSSR count). The van der Waals surface area contributed by atoms with Gasteiger partial charge >= 0.3 is 0 Å². The zero-order valence-corrected chi connectivity index (χ0v) is 14.8. The Kier molecular flexibility index (Phi) is 4.38. The molecule has 0 fully saturated rings. The molecule has 0 atom stereocenters. The van der Waals surface area contributed by atoms with E-state index >= 15 is 0 Å². The number of carbonyl (C=O) groups is 2. The van der Waals surface area contributed by atoms with Crippen LogP contribution < -0.4 is 0 Å². The summed E-state index contributed by atoms with van der Waals surface area (Å²) in [4.78, 5) is 25.4. The van der Waals surface area contributed by atoms with Gasteiger partial charge in [0.25, 0.3) is 0 Å². The molecule has 4 nitrogen and oxygen atoms in total. The lowest BCUT2D eigenvalue weighted by Crippen LogP contribution is -2.02. The third-order valence-electron chi connectivity index (χ3n) is 4.62. The van der Waals surface area contributed by atoms with E-state index in [1.807, 2.05) is 12.1 Å². The third-order valence-corrected chi connectivity index (χ3v) is 4.62. The highest BCUT2D eigenvalue weighted by molar-refractivity contribution is 6.13. The Hall–Kier alpha value is -3.92. The van der Waals surface area contributed by atoms with Crippen LogP contribution in [0.15, 0.2) is 84.9 Å². The lowest BCUT2D eigenvalue weighted by Gasteiger charge is -2.07. The van der Waals surface area contributed by atoms with Crippen molar-refractivity contribution in [2.45, 2.75) is 0 Å². The van der Waals surface area contributed by atoms with Crippen molar-refractivity contribution in [3.63, 3.8) is 0 Å². The maximum absolute atomic E-state index is 12.7. The van der Waals surface area contributed by atoms with E-state index in [4.69, 9.17) is 0 Å². The van der Waals surface area contributed by atoms with E-state index in [2.05, 4.69) is 0 Å². The van der Waals surface area contributed by atoms with Crippen LogP contribution in [-0.2, 0) is 0 Å². The van der Waals surface area contributed by atoms with Gasteiger partial charge in [-0.05, 0) is 71.4 Å². The van der Waals surface area contributed by atoms with E-state index < -0.39 is 0 Å². The highest BCUT2D eigenvalue weighted by atomic mass is 16.3. The minimum atomic E-state index is -0.155. The number of ketones is 2. The van der Waals surface area contributed by atoms with Gasteiger partial charge in [-0.25, -0.2) is 0 Å². The monoisotopic (exact) mass is 368 g/mol. The standard InChI is InChI=1S/C24H16O4/c25-21-9-5-16(6-10-21)23(27)18-3-1-15-2-4-19(14-20(15)13-18)24(28)17-7-11-22(26)12-8-17/h1-14,25-26H. The number of hydrogen-bond donors (Lipinski definition) is 2. The zero-order chi connectivity index (χ0) is 19.7. The number of aromatic hydroxyl groups is 2. The van der Waals surface area contributed by atoms with Crippen LogP contribution in [0.3, 0.4) is 0 Å². The van der Waals surface area contributed by atoms with Crippen LogP contribution in [0.25, 0.3) is 10.8 Å². The summed E-state index contributed by atoms with van der Waals surface area (Å²) in [7, 11) is 0. The normalized spacial score (nSPS) is 10.7. The number of benzene rings is 4. The molecule has 4 heteroatoms. The summed E-state index contributed by atoms with van der Waals surface area (Å²) in [6.07, 6.45) is 0. The topological polar surface area (TPSA) is 74.6 Å². The van der Waals surface area contributed by atoms with Gasteiger partial charge in [0, 0.05) is 22.3 Å². The summed E-state index contributed by atoms with van der Waals surface area (Å²) < 4.78 is 0. The molecule has 0 spiro atoms. The van der Waals surface area contributed by atoms with Crippen LogP contribution in [0.2, 0.25) is 0 Å². The molecule has 2 N–H and O–H groups in total. The first-order chi connectivity index (χ1) is 13.5. The second kappa shape index (κ2) is 7.00. The maximum atomic E-state index is 12.7. The highest BCUT2D eigenvalue weighted by Gasteiger charge is 2.12. The largest absolute Gasteiger partial charge is 0.508 e. The van der Waals surface area contributed by atoms with Gasteiger partial charge in [0.15, 0.2) is 11.6 Å². The second-order valence-electron chi connectivity index (χ2n) is 6.53. The van der Waals surface area contributed by atoms with Crippen LogP contribution in [0, 0.1) is 0 Å². The smallest absolute Gasteiger partial charge is 0.193 e. The van der Waals surface area contributed by atoms with Crippen molar-refractivity contribution in [1.29, 1.82) is 0 Å². The van der Waals surface area contributed by atoms with Crippen LogP contribution >= 0.6 is 0 Å². The predicted octanol–water partition coefficient (Wildman–Crippen LogP) is 4.71. The molecule has 0 saturated heterocycles. The molecule has 28 heavy (non-hydrogen) atoms. The molecule has 0 radical (unpaired) electrons. The van der Waals surface area contributed by atoms with Crippen LogP contribution in [-0.4, -0.2) is 21.8 Å². The molecule has 0 aliphatic carbocycles. The highest BCUT2D eigenvalue weighted by Crippen LogP contribution is 2.23. The molecule has 0 heterocycles. The van der Waals surface area contributed by atoms with Gasteiger partial charge in [-0.15, -0.1) is 0 Å². The molecule has 0 unspecified atom stereocenters. The van der Waals surface area contributed by atoms with Gasteiger partial charge in [0.05, 0.1) is 0 Å². The summed E-state index contributed by atoms with van der Waals surface area (Å²) in [6.45, 7) is 0. The SMILES string of the molecule is O=C(c1ccc(O)cc1)c1ccc2ccc(C(=O)c3ccc(O)cc3)cc2c1.